The van der Waals surface area contributed by atoms with Crippen LogP contribution in [0.5, 0.6) is 5.75 Å². The van der Waals surface area contributed by atoms with Crippen LogP contribution in [-0.2, 0) is 4.74 Å². The average molecular weight is 563 g/mol. The molecule has 0 unspecified atom stereocenters. The van der Waals surface area contributed by atoms with Crippen LogP contribution in [0.1, 0.15) is 31.1 Å². The van der Waals surface area contributed by atoms with E-state index in [2.05, 4.69) is 10.2 Å². The molecule has 0 radical (unpaired) electrons. The highest BCUT2D eigenvalue weighted by Crippen LogP contribution is 2.28. The SMILES string of the molecule is COc1ccc(C(=O)N2CCN(c3ccc(NC(=O)c4ccccc4Cl)cc3C(=O)N3CCOCC3)CC2)cc1. The molecule has 0 aromatic heterocycles. The van der Waals surface area contributed by atoms with Crippen molar-refractivity contribution < 1.29 is 23.9 Å². The highest BCUT2D eigenvalue weighted by atomic mass is 35.5. The van der Waals surface area contributed by atoms with Crippen LogP contribution in [-0.4, -0.2) is 87.1 Å². The van der Waals surface area contributed by atoms with E-state index in [1.165, 1.54) is 0 Å². The Kier molecular flexibility index (Phi) is 8.52. The van der Waals surface area contributed by atoms with Gasteiger partial charge in [-0.3, -0.25) is 14.4 Å². The van der Waals surface area contributed by atoms with Crippen LogP contribution in [0.25, 0.3) is 0 Å². The molecule has 2 fully saturated rings. The normalized spacial score (nSPS) is 15.5. The number of carbonyl (C=O) groups excluding carboxylic acids is 3. The number of piperazine rings is 1. The molecule has 0 saturated carbocycles. The lowest BCUT2D eigenvalue weighted by molar-refractivity contribution is 0.0303. The molecule has 0 bridgehead atoms. The van der Waals surface area contributed by atoms with Gasteiger partial charge in [-0.05, 0) is 54.6 Å². The molecule has 208 valence electrons. The summed E-state index contributed by atoms with van der Waals surface area (Å²) in [6.07, 6.45) is 0. The molecular formula is C30H31ClN4O5. The van der Waals surface area contributed by atoms with Gasteiger partial charge in [0.15, 0.2) is 0 Å². The highest BCUT2D eigenvalue weighted by molar-refractivity contribution is 6.34. The zero-order chi connectivity index (χ0) is 28.1. The van der Waals surface area contributed by atoms with Crippen molar-refractivity contribution >= 4 is 40.7 Å². The third-order valence-electron chi connectivity index (χ3n) is 7.15. The summed E-state index contributed by atoms with van der Waals surface area (Å²) in [5.41, 5.74) is 2.72. The number of hydrogen-bond donors (Lipinski definition) is 1. The zero-order valence-corrected chi connectivity index (χ0v) is 23.0. The summed E-state index contributed by atoms with van der Waals surface area (Å²) in [5.74, 6) is 0.188. The number of anilines is 2. The standard InChI is InChI=1S/C30H31ClN4O5/c1-39-23-9-6-21(7-10-23)29(37)34-14-12-33(13-15-34)27-11-8-22(32-28(36)24-4-2-3-5-26(24)31)20-25(27)30(38)35-16-18-40-19-17-35/h2-11,20H,12-19H2,1H3,(H,32,36). The number of hydrogen-bond acceptors (Lipinski definition) is 6. The summed E-state index contributed by atoms with van der Waals surface area (Å²) in [5, 5.41) is 3.23. The Bertz CT molecular complexity index is 1380. The fraction of sp³-hybridized carbons (Fsp3) is 0.300. The number of rotatable bonds is 6. The molecule has 0 aliphatic carbocycles. The summed E-state index contributed by atoms with van der Waals surface area (Å²) in [4.78, 5) is 45.3. The quantitative estimate of drug-likeness (QED) is 0.488. The number of nitrogens with zero attached hydrogens (tertiary/aromatic N) is 3. The van der Waals surface area contributed by atoms with E-state index in [0.29, 0.717) is 85.6 Å². The minimum atomic E-state index is -0.353. The third-order valence-corrected chi connectivity index (χ3v) is 7.48. The van der Waals surface area contributed by atoms with E-state index in [4.69, 9.17) is 21.1 Å². The van der Waals surface area contributed by atoms with Crippen molar-refractivity contribution in [3.63, 3.8) is 0 Å². The minimum Gasteiger partial charge on any atom is -0.497 e. The molecule has 2 saturated heterocycles. The summed E-state index contributed by atoms with van der Waals surface area (Å²) in [6, 6.07) is 19.3. The number of morpholine rings is 1. The molecule has 1 N–H and O–H groups in total. The van der Waals surface area contributed by atoms with Gasteiger partial charge in [0.25, 0.3) is 17.7 Å². The smallest absolute Gasteiger partial charge is 0.257 e. The first-order chi connectivity index (χ1) is 19.4. The number of nitrogens with one attached hydrogen (secondary N) is 1. The maximum atomic E-state index is 13.7. The number of ether oxygens (including phenoxy) is 2. The van der Waals surface area contributed by atoms with E-state index in [1.807, 2.05) is 11.0 Å². The van der Waals surface area contributed by atoms with Gasteiger partial charge in [0.2, 0.25) is 0 Å². The Hall–Kier alpha value is -4.08. The van der Waals surface area contributed by atoms with Crippen LogP contribution in [0.2, 0.25) is 5.02 Å². The van der Waals surface area contributed by atoms with Crippen molar-refractivity contribution in [2.24, 2.45) is 0 Å². The van der Waals surface area contributed by atoms with Gasteiger partial charge in [-0.15, -0.1) is 0 Å². The van der Waals surface area contributed by atoms with Crippen LogP contribution in [0.3, 0.4) is 0 Å². The fourth-order valence-electron chi connectivity index (χ4n) is 4.91. The van der Waals surface area contributed by atoms with Gasteiger partial charge in [0.05, 0.1) is 36.5 Å². The van der Waals surface area contributed by atoms with E-state index < -0.39 is 0 Å². The Morgan fingerprint density at radius 3 is 2.15 bits per heavy atom. The van der Waals surface area contributed by atoms with Gasteiger partial charge in [-0.25, -0.2) is 0 Å². The van der Waals surface area contributed by atoms with Crippen LogP contribution in [0.4, 0.5) is 11.4 Å². The first-order valence-electron chi connectivity index (χ1n) is 13.2. The fourth-order valence-corrected chi connectivity index (χ4v) is 5.13. The van der Waals surface area contributed by atoms with Gasteiger partial charge in [-0.2, -0.15) is 0 Å². The Morgan fingerprint density at radius 1 is 0.800 bits per heavy atom. The predicted molar refractivity (Wildman–Crippen MR) is 154 cm³/mol. The first kappa shape index (κ1) is 27.5. The second kappa shape index (κ2) is 12.4. The molecule has 3 amide bonds. The van der Waals surface area contributed by atoms with Gasteiger partial charge in [0, 0.05) is 56.2 Å². The first-order valence-corrected chi connectivity index (χ1v) is 13.6. The number of benzene rings is 3. The van der Waals surface area contributed by atoms with E-state index in [0.717, 1.165) is 5.69 Å². The maximum absolute atomic E-state index is 13.7. The molecule has 40 heavy (non-hydrogen) atoms. The van der Waals surface area contributed by atoms with Crippen LogP contribution < -0.4 is 15.0 Å². The lowest BCUT2D eigenvalue weighted by Crippen LogP contribution is -2.49. The highest BCUT2D eigenvalue weighted by Gasteiger charge is 2.28. The molecule has 9 nitrogen and oxygen atoms in total. The van der Waals surface area contributed by atoms with Gasteiger partial charge < -0.3 is 29.5 Å². The zero-order valence-electron chi connectivity index (χ0n) is 22.3. The summed E-state index contributed by atoms with van der Waals surface area (Å²) >= 11 is 6.21. The van der Waals surface area contributed by atoms with Crippen molar-refractivity contribution in [1.29, 1.82) is 0 Å². The Balaban J connectivity index is 1.35. The maximum Gasteiger partial charge on any atom is 0.257 e. The second-order valence-electron chi connectivity index (χ2n) is 9.58. The molecule has 3 aromatic rings. The molecule has 2 aliphatic heterocycles. The molecule has 2 heterocycles. The Labute approximate surface area is 238 Å². The van der Waals surface area contributed by atoms with Crippen molar-refractivity contribution in [3.8, 4) is 5.75 Å². The Morgan fingerprint density at radius 2 is 1.48 bits per heavy atom. The van der Waals surface area contributed by atoms with Crippen molar-refractivity contribution in [1.82, 2.24) is 9.80 Å². The van der Waals surface area contributed by atoms with Crippen LogP contribution in [0.15, 0.2) is 66.7 Å². The van der Waals surface area contributed by atoms with Gasteiger partial charge in [-0.1, -0.05) is 23.7 Å². The van der Waals surface area contributed by atoms with Crippen LogP contribution >= 0.6 is 11.6 Å². The number of halogens is 1. The largest absolute Gasteiger partial charge is 0.497 e. The summed E-state index contributed by atoms with van der Waals surface area (Å²) in [6.45, 7) is 4.12. The molecule has 0 atom stereocenters. The van der Waals surface area contributed by atoms with E-state index in [9.17, 15) is 14.4 Å². The summed E-state index contributed by atoms with van der Waals surface area (Å²) < 4.78 is 10.6. The number of methoxy groups -OCH3 is 1. The number of amides is 3. The molecular weight excluding hydrogens is 532 g/mol. The van der Waals surface area contributed by atoms with E-state index >= 15 is 0 Å². The molecule has 10 heteroatoms. The van der Waals surface area contributed by atoms with E-state index in [1.54, 1.807) is 72.7 Å². The number of carbonyl (C=O) groups is 3. The van der Waals surface area contributed by atoms with Crippen molar-refractivity contribution in [3.05, 3.63) is 88.4 Å². The predicted octanol–water partition coefficient (Wildman–Crippen LogP) is 4.04. The molecule has 5 rings (SSSR count). The molecule has 2 aliphatic rings. The molecule has 3 aromatic carbocycles. The van der Waals surface area contributed by atoms with Gasteiger partial charge in [0.1, 0.15) is 5.75 Å². The molecule has 0 spiro atoms. The topological polar surface area (TPSA) is 91.4 Å². The lowest BCUT2D eigenvalue weighted by atomic mass is 10.1. The second-order valence-corrected chi connectivity index (χ2v) is 9.99. The monoisotopic (exact) mass is 562 g/mol. The van der Waals surface area contributed by atoms with Gasteiger partial charge >= 0.3 is 0 Å². The summed E-state index contributed by atoms with van der Waals surface area (Å²) in [7, 11) is 1.59. The third kappa shape index (κ3) is 6.05. The van der Waals surface area contributed by atoms with Crippen molar-refractivity contribution in [2.75, 3.05) is 69.8 Å². The van der Waals surface area contributed by atoms with E-state index in [-0.39, 0.29) is 17.7 Å². The average Bonchev–Trinajstić information content (AvgIpc) is 3.01. The van der Waals surface area contributed by atoms with Crippen molar-refractivity contribution in [2.45, 2.75) is 0 Å². The minimum absolute atomic E-state index is 0.0375. The lowest BCUT2D eigenvalue weighted by Gasteiger charge is -2.37. The van der Waals surface area contributed by atoms with Crippen LogP contribution in [0, 0.1) is 0 Å².